The number of aryl methyl sites for hydroxylation is 1. The van der Waals surface area contributed by atoms with Crippen LogP contribution < -0.4 is 10.6 Å². The molecule has 1 aromatic rings. The summed E-state index contributed by atoms with van der Waals surface area (Å²) in [5.74, 6) is 2.64. The molecule has 88 valence electrons. The van der Waals surface area contributed by atoms with Crippen molar-refractivity contribution >= 4 is 5.96 Å². The molecule has 1 saturated carbocycles. The van der Waals surface area contributed by atoms with Gasteiger partial charge >= 0.3 is 0 Å². The fraction of sp³-hybridized carbons (Fsp3) is 0.636. The van der Waals surface area contributed by atoms with Crippen molar-refractivity contribution in [2.75, 3.05) is 7.05 Å². The third-order valence-electron chi connectivity index (χ3n) is 2.99. The number of hydrogen-bond acceptors (Lipinski definition) is 2. The molecule has 0 saturated heterocycles. The molecule has 2 rings (SSSR count). The highest BCUT2D eigenvalue weighted by Crippen LogP contribution is 2.28. The Morgan fingerprint density at radius 2 is 2.44 bits per heavy atom. The highest BCUT2D eigenvalue weighted by molar-refractivity contribution is 5.80. The van der Waals surface area contributed by atoms with E-state index in [-0.39, 0.29) is 0 Å². The minimum atomic E-state index is 0.590. The predicted octanol–water partition coefficient (Wildman–Crippen LogP) is 0.493. The summed E-state index contributed by atoms with van der Waals surface area (Å²) in [7, 11) is 3.78. The topological polar surface area (TPSA) is 54.2 Å². The average Bonchev–Trinajstić information content (AvgIpc) is 2.79. The predicted molar refractivity (Wildman–Crippen MR) is 64.1 cm³/mol. The maximum atomic E-state index is 4.25. The van der Waals surface area contributed by atoms with Gasteiger partial charge in [0.2, 0.25) is 0 Å². The first-order valence-electron chi connectivity index (χ1n) is 5.64. The number of rotatable bonds is 3. The minimum Gasteiger partial charge on any atom is -0.353 e. The van der Waals surface area contributed by atoms with Gasteiger partial charge in [-0.15, -0.1) is 0 Å². The number of nitrogens with one attached hydrogen (secondary N) is 2. The maximum Gasteiger partial charge on any atom is 0.191 e. The highest BCUT2D eigenvalue weighted by atomic mass is 15.2. The van der Waals surface area contributed by atoms with Crippen molar-refractivity contribution in [1.82, 2.24) is 20.2 Å². The fourth-order valence-corrected chi connectivity index (χ4v) is 1.62. The number of aliphatic imine (C=N–C) groups is 1. The number of aromatic nitrogens is 2. The molecule has 1 aliphatic carbocycles. The van der Waals surface area contributed by atoms with Crippen molar-refractivity contribution in [2.45, 2.75) is 25.9 Å². The molecule has 0 bridgehead atoms. The summed E-state index contributed by atoms with van der Waals surface area (Å²) in [6.45, 7) is 2.94. The number of imidazole rings is 1. The van der Waals surface area contributed by atoms with Gasteiger partial charge in [-0.05, 0) is 12.3 Å². The van der Waals surface area contributed by atoms with Crippen molar-refractivity contribution in [3.8, 4) is 0 Å². The van der Waals surface area contributed by atoms with Gasteiger partial charge in [-0.25, -0.2) is 4.98 Å². The van der Waals surface area contributed by atoms with E-state index in [4.69, 9.17) is 0 Å². The van der Waals surface area contributed by atoms with Gasteiger partial charge in [-0.1, -0.05) is 6.92 Å². The molecule has 0 radical (unpaired) electrons. The third kappa shape index (κ3) is 2.53. The molecule has 1 aromatic heterocycles. The zero-order valence-electron chi connectivity index (χ0n) is 10.1. The Morgan fingerprint density at radius 3 is 2.94 bits per heavy atom. The fourth-order valence-electron chi connectivity index (χ4n) is 1.62. The van der Waals surface area contributed by atoms with E-state index >= 15 is 0 Å². The number of hydrogen-bond donors (Lipinski definition) is 2. The van der Waals surface area contributed by atoms with Crippen LogP contribution in [-0.2, 0) is 13.6 Å². The Labute approximate surface area is 96.0 Å². The van der Waals surface area contributed by atoms with Crippen LogP contribution in [0.25, 0.3) is 0 Å². The van der Waals surface area contributed by atoms with E-state index in [1.54, 1.807) is 13.2 Å². The lowest BCUT2D eigenvalue weighted by Gasteiger charge is -2.11. The summed E-state index contributed by atoms with van der Waals surface area (Å²) in [5.41, 5.74) is 0. The third-order valence-corrected chi connectivity index (χ3v) is 2.99. The lowest BCUT2D eigenvalue weighted by molar-refractivity contribution is 0.715. The monoisotopic (exact) mass is 221 g/mol. The van der Waals surface area contributed by atoms with Gasteiger partial charge in [-0.2, -0.15) is 0 Å². The van der Waals surface area contributed by atoms with Crippen molar-refractivity contribution < 1.29 is 0 Å². The zero-order valence-corrected chi connectivity index (χ0v) is 10.1. The van der Waals surface area contributed by atoms with Gasteiger partial charge in [0, 0.05) is 32.5 Å². The summed E-state index contributed by atoms with van der Waals surface area (Å²) in [6, 6.07) is 0.590. The van der Waals surface area contributed by atoms with Gasteiger partial charge in [-0.3, -0.25) is 4.99 Å². The molecular formula is C11H19N5. The van der Waals surface area contributed by atoms with Crippen LogP contribution in [0.1, 0.15) is 19.2 Å². The zero-order chi connectivity index (χ0) is 11.5. The van der Waals surface area contributed by atoms with Gasteiger partial charge in [0.25, 0.3) is 0 Å². The summed E-state index contributed by atoms with van der Waals surface area (Å²) in [6.07, 6.45) is 4.98. The van der Waals surface area contributed by atoms with Crippen LogP contribution >= 0.6 is 0 Å². The van der Waals surface area contributed by atoms with Crippen LogP contribution in [0.3, 0.4) is 0 Å². The Morgan fingerprint density at radius 1 is 1.69 bits per heavy atom. The molecule has 16 heavy (non-hydrogen) atoms. The summed E-state index contributed by atoms with van der Waals surface area (Å²) in [4.78, 5) is 8.44. The van der Waals surface area contributed by atoms with Crippen molar-refractivity contribution in [3.63, 3.8) is 0 Å². The van der Waals surface area contributed by atoms with E-state index in [0.29, 0.717) is 12.6 Å². The second-order valence-electron chi connectivity index (χ2n) is 4.34. The molecule has 5 nitrogen and oxygen atoms in total. The van der Waals surface area contributed by atoms with Gasteiger partial charge < -0.3 is 15.2 Å². The Hall–Kier alpha value is -1.52. The van der Waals surface area contributed by atoms with Crippen LogP contribution in [0.2, 0.25) is 0 Å². The molecule has 1 fully saturated rings. The van der Waals surface area contributed by atoms with E-state index in [9.17, 15) is 0 Å². The largest absolute Gasteiger partial charge is 0.353 e. The molecule has 2 atom stereocenters. The number of nitrogens with zero attached hydrogens (tertiary/aromatic N) is 3. The van der Waals surface area contributed by atoms with Crippen molar-refractivity contribution in [1.29, 1.82) is 0 Å². The van der Waals surface area contributed by atoms with E-state index in [1.165, 1.54) is 6.42 Å². The van der Waals surface area contributed by atoms with Gasteiger partial charge in [0.05, 0.1) is 6.54 Å². The first-order valence-corrected chi connectivity index (χ1v) is 5.64. The highest BCUT2D eigenvalue weighted by Gasteiger charge is 2.33. The van der Waals surface area contributed by atoms with Crippen molar-refractivity contribution in [2.24, 2.45) is 18.0 Å². The molecule has 0 spiro atoms. The number of guanidine groups is 1. The average molecular weight is 221 g/mol. The summed E-state index contributed by atoms with van der Waals surface area (Å²) >= 11 is 0. The quantitative estimate of drug-likeness (QED) is 0.577. The van der Waals surface area contributed by atoms with Crippen LogP contribution in [0.5, 0.6) is 0 Å². The minimum absolute atomic E-state index is 0.590. The van der Waals surface area contributed by atoms with Crippen molar-refractivity contribution in [3.05, 3.63) is 18.2 Å². The second kappa shape index (κ2) is 4.55. The summed E-state index contributed by atoms with van der Waals surface area (Å²) < 4.78 is 2.00. The van der Waals surface area contributed by atoms with E-state index in [2.05, 4.69) is 27.5 Å². The Balaban J connectivity index is 1.81. The lowest BCUT2D eigenvalue weighted by Crippen LogP contribution is -2.39. The van der Waals surface area contributed by atoms with E-state index in [0.717, 1.165) is 17.7 Å². The first-order chi connectivity index (χ1) is 7.70. The van der Waals surface area contributed by atoms with Crippen LogP contribution in [-0.4, -0.2) is 28.6 Å². The Bertz CT molecular complexity index is 381. The maximum absolute atomic E-state index is 4.25. The molecule has 0 amide bonds. The lowest BCUT2D eigenvalue weighted by atomic mass is 10.5. The Kier molecular flexibility index (Phi) is 3.12. The van der Waals surface area contributed by atoms with Gasteiger partial charge in [0.1, 0.15) is 5.82 Å². The molecular weight excluding hydrogens is 202 g/mol. The van der Waals surface area contributed by atoms with E-state index < -0.39 is 0 Å². The van der Waals surface area contributed by atoms with Crippen LogP contribution in [0, 0.1) is 5.92 Å². The standard InChI is InChI=1S/C11H19N5/c1-8-6-9(8)15-11(12-2)14-7-10-13-4-5-16(10)3/h4-5,8-9H,6-7H2,1-3H3,(H2,12,14,15). The molecule has 5 heteroatoms. The van der Waals surface area contributed by atoms with Crippen LogP contribution in [0.15, 0.2) is 17.4 Å². The SMILES string of the molecule is CN=C(NCc1nccn1C)NC1CC1C. The molecule has 2 unspecified atom stereocenters. The second-order valence-corrected chi connectivity index (χ2v) is 4.34. The van der Waals surface area contributed by atoms with Crippen LogP contribution in [0.4, 0.5) is 0 Å². The first kappa shape index (κ1) is 11.0. The van der Waals surface area contributed by atoms with E-state index in [1.807, 2.05) is 17.8 Å². The molecule has 0 aliphatic heterocycles. The summed E-state index contributed by atoms with van der Waals surface area (Å²) in [5, 5.41) is 6.63. The molecule has 1 heterocycles. The smallest absolute Gasteiger partial charge is 0.191 e. The molecule has 2 N–H and O–H groups in total. The van der Waals surface area contributed by atoms with Gasteiger partial charge in [0.15, 0.2) is 5.96 Å². The molecule has 0 aromatic carbocycles. The normalized spacial score (nSPS) is 24.3. The molecule has 1 aliphatic rings.